The van der Waals surface area contributed by atoms with Crippen LogP contribution in [0, 0.1) is 6.92 Å². The number of primary amides is 1. The Labute approximate surface area is 101 Å². The monoisotopic (exact) mass is 256 g/mol. The maximum atomic E-state index is 12.1. The van der Waals surface area contributed by atoms with Crippen molar-refractivity contribution in [3.05, 3.63) is 29.8 Å². The van der Waals surface area contributed by atoms with Crippen LogP contribution in [-0.2, 0) is 14.8 Å². The SMILES string of the molecule is Cc1ccccc1S(=O)(=O)NC(C)(C)C(N)=O. The molecule has 0 aliphatic carbocycles. The van der Waals surface area contributed by atoms with Gasteiger partial charge in [0.2, 0.25) is 15.9 Å². The highest BCUT2D eigenvalue weighted by molar-refractivity contribution is 7.89. The van der Waals surface area contributed by atoms with Gasteiger partial charge in [-0.3, -0.25) is 4.79 Å². The molecule has 5 nitrogen and oxygen atoms in total. The standard InChI is InChI=1S/C11H16N2O3S/c1-8-6-4-5-7-9(8)17(15,16)13-11(2,3)10(12)14/h4-7,13H,1-3H3,(H2,12,14). The van der Waals surface area contributed by atoms with Crippen LogP contribution in [0.4, 0.5) is 0 Å². The molecule has 6 heteroatoms. The normalized spacial score (nSPS) is 12.4. The number of amides is 1. The number of hydrogen-bond acceptors (Lipinski definition) is 3. The van der Waals surface area contributed by atoms with Gasteiger partial charge in [-0.05, 0) is 32.4 Å². The molecule has 1 rings (SSSR count). The third-order valence-corrected chi connectivity index (χ3v) is 4.20. The molecule has 1 aromatic carbocycles. The van der Waals surface area contributed by atoms with E-state index in [4.69, 9.17) is 5.73 Å². The van der Waals surface area contributed by atoms with Crippen molar-refractivity contribution in [1.29, 1.82) is 0 Å². The smallest absolute Gasteiger partial charge is 0.241 e. The lowest BCUT2D eigenvalue weighted by Crippen LogP contribution is -2.52. The third-order valence-electron chi connectivity index (χ3n) is 2.39. The maximum Gasteiger partial charge on any atom is 0.241 e. The van der Waals surface area contributed by atoms with Crippen LogP contribution in [0.15, 0.2) is 29.2 Å². The summed E-state index contributed by atoms with van der Waals surface area (Å²) in [5.74, 6) is -0.727. The van der Waals surface area contributed by atoms with Crippen LogP contribution < -0.4 is 10.5 Å². The van der Waals surface area contributed by atoms with E-state index in [0.717, 1.165) is 0 Å². The Morgan fingerprint density at radius 2 is 1.82 bits per heavy atom. The lowest BCUT2D eigenvalue weighted by Gasteiger charge is -2.22. The number of carbonyl (C=O) groups is 1. The molecular weight excluding hydrogens is 240 g/mol. The Kier molecular flexibility index (Phi) is 3.59. The topological polar surface area (TPSA) is 89.3 Å². The van der Waals surface area contributed by atoms with E-state index in [2.05, 4.69) is 4.72 Å². The molecule has 0 saturated heterocycles. The van der Waals surface area contributed by atoms with Gasteiger partial charge >= 0.3 is 0 Å². The van der Waals surface area contributed by atoms with E-state index in [9.17, 15) is 13.2 Å². The first-order chi connectivity index (χ1) is 7.67. The quantitative estimate of drug-likeness (QED) is 0.823. The highest BCUT2D eigenvalue weighted by Crippen LogP contribution is 2.16. The van der Waals surface area contributed by atoms with Crippen molar-refractivity contribution in [3.8, 4) is 0 Å². The molecule has 0 bridgehead atoms. The van der Waals surface area contributed by atoms with Crippen molar-refractivity contribution in [2.45, 2.75) is 31.2 Å². The fraction of sp³-hybridized carbons (Fsp3) is 0.364. The number of nitrogens with one attached hydrogen (secondary N) is 1. The fourth-order valence-corrected chi connectivity index (χ4v) is 2.93. The molecule has 0 unspecified atom stereocenters. The van der Waals surface area contributed by atoms with Gasteiger partial charge in [0.25, 0.3) is 0 Å². The minimum Gasteiger partial charge on any atom is -0.368 e. The number of hydrogen-bond donors (Lipinski definition) is 2. The zero-order valence-corrected chi connectivity index (χ0v) is 10.8. The first-order valence-electron chi connectivity index (χ1n) is 5.06. The van der Waals surface area contributed by atoms with Gasteiger partial charge in [0.1, 0.15) is 5.54 Å². The molecule has 3 N–H and O–H groups in total. The van der Waals surface area contributed by atoms with Gasteiger partial charge in [0.05, 0.1) is 4.90 Å². The van der Waals surface area contributed by atoms with Gasteiger partial charge in [-0.2, -0.15) is 4.72 Å². The summed E-state index contributed by atoms with van der Waals surface area (Å²) < 4.78 is 26.4. The minimum absolute atomic E-state index is 0.148. The first-order valence-corrected chi connectivity index (χ1v) is 6.54. The molecular formula is C11H16N2O3S. The highest BCUT2D eigenvalue weighted by atomic mass is 32.2. The number of aryl methyl sites for hydroxylation is 1. The Morgan fingerprint density at radius 1 is 1.29 bits per heavy atom. The van der Waals surface area contributed by atoms with Gasteiger partial charge in [-0.15, -0.1) is 0 Å². The molecule has 0 heterocycles. The van der Waals surface area contributed by atoms with Crippen LogP contribution >= 0.6 is 0 Å². The molecule has 17 heavy (non-hydrogen) atoms. The van der Waals surface area contributed by atoms with Crippen LogP contribution in [0.25, 0.3) is 0 Å². The number of rotatable bonds is 4. The van der Waals surface area contributed by atoms with E-state index in [0.29, 0.717) is 5.56 Å². The Hall–Kier alpha value is -1.40. The van der Waals surface area contributed by atoms with Crippen LogP contribution in [0.1, 0.15) is 19.4 Å². The van der Waals surface area contributed by atoms with Crippen molar-refractivity contribution in [1.82, 2.24) is 4.72 Å². The molecule has 1 amide bonds. The van der Waals surface area contributed by atoms with E-state index < -0.39 is 21.5 Å². The van der Waals surface area contributed by atoms with Crippen LogP contribution in [-0.4, -0.2) is 19.9 Å². The number of carbonyl (C=O) groups excluding carboxylic acids is 1. The third kappa shape index (κ3) is 3.04. The largest absolute Gasteiger partial charge is 0.368 e. The molecule has 0 atom stereocenters. The fourth-order valence-electron chi connectivity index (χ4n) is 1.30. The molecule has 1 aromatic rings. The van der Waals surface area contributed by atoms with Crippen LogP contribution in [0.3, 0.4) is 0 Å². The molecule has 0 aliphatic heterocycles. The summed E-state index contributed by atoms with van der Waals surface area (Å²) in [6.45, 7) is 4.53. The van der Waals surface area contributed by atoms with Gasteiger partial charge in [0, 0.05) is 0 Å². The van der Waals surface area contributed by atoms with Crippen molar-refractivity contribution in [2.24, 2.45) is 5.73 Å². The number of benzene rings is 1. The Bertz CT molecular complexity index is 535. The van der Waals surface area contributed by atoms with Crippen molar-refractivity contribution >= 4 is 15.9 Å². The second-order valence-electron chi connectivity index (χ2n) is 4.36. The summed E-state index contributed by atoms with van der Waals surface area (Å²) in [6.07, 6.45) is 0. The Morgan fingerprint density at radius 3 is 2.29 bits per heavy atom. The number of sulfonamides is 1. The van der Waals surface area contributed by atoms with Gasteiger partial charge in [0.15, 0.2) is 0 Å². The lowest BCUT2D eigenvalue weighted by atomic mass is 10.1. The van der Waals surface area contributed by atoms with Crippen LogP contribution in [0.5, 0.6) is 0 Å². The second kappa shape index (κ2) is 4.46. The molecule has 0 saturated carbocycles. The van der Waals surface area contributed by atoms with Crippen LogP contribution in [0.2, 0.25) is 0 Å². The second-order valence-corrected chi connectivity index (χ2v) is 6.01. The van der Waals surface area contributed by atoms with Gasteiger partial charge in [-0.25, -0.2) is 8.42 Å². The minimum atomic E-state index is -3.74. The van der Waals surface area contributed by atoms with Gasteiger partial charge in [-0.1, -0.05) is 18.2 Å². The van der Waals surface area contributed by atoms with E-state index in [-0.39, 0.29) is 4.90 Å². The van der Waals surface area contributed by atoms with Gasteiger partial charge < -0.3 is 5.73 Å². The lowest BCUT2D eigenvalue weighted by molar-refractivity contribution is -0.122. The molecule has 94 valence electrons. The Balaban J connectivity index is 3.15. The summed E-state index contributed by atoms with van der Waals surface area (Å²) in [4.78, 5) is 11.3. The molecule has 0 aromatic heterocycles. The van der Waals surface area contributed by atoms with E-state index >= 15 is 0 Å². The summed E-state index contributed by atoms with van der Waals surface area (Å²) in [6, 6.07) is 6.53. The average molecular weight is 256 g/mol. The first kappa shape index (κ1) is 13.7. The predicted molar refractivity (Wildman–Crippen MR) is 64.8 cm³/mol. The van der Waals surface area contributed by atoms with E-state index in [1.165, 1.54) is 19.9 Å². The summed E-state index contributed by atoms with van der Waals surface area (Å²) >= 11 is 0. The summed E-state index contributed by atoms with van der Waals surface area (Å²) in [5.41, 5.74) is 4.42. The van der Waals surface area contributed by atoms with E-state index in [1.54, 1.807) is 25.1 Å². The maximum absolute atomic E-state index is 12.1. The average Bonchev–Trinajstić information content (AvgIpc) is 2.16. The summed E-state index contributed by atoms with van der Waals surface area (Å²) in [7, 11) is -3.74. The highest BCUT2D eigenvalue weighted by Gasteiger charge is 2.31. The molecule has 0 fully saturated rings. The zero-order valence-electron chi connectivity index (χ0n) is 10.0. The predicted octanol–water partition coefficient (Wildman–Crippen LogP) is 0.537. The van der Waals surface area contributed by atoms with Crippen molar-refractivity contribution in [3.63, 3.8) is 0 Å². The summed E-state index contributed by atoms with van der Waals surface area (Å²) in [5, 5.41) is 0. The van der Waals surface area contributed by atoms with Crippen molar-refractivity contribution < 1.29 is 13.2 Å². The molecule has 0 aliphatic rings. The zero-order chi connectivity index (χ0) is 13.3. The van der Waals surface area contributed by atoms with Crippen molar-refractivity contribution in [2.75, 3.05) is 0 Å². The van der Waals surface area contributed by atoms with E-state index in [1.807, 2.05) is 0 Å². The molecule has 0 radical (unpaired) electrons. The molecule has 0 spiro atoms. The number of nitrogens with two attached hydrogens (primary N) is 1.